The van der Waals surface area contributed by atoms with Crippen LogP contribution in [-0.4, -0.2) is 18.7 Å². The fraction of sp³-hybridized carbons (Fsp3) is 0.250. The molecule has 3 nitrogen and oxygen atoms in total. The summed E-state index contributed by atoms with van der Waals surface area (Å²) in [5.74, 6) is 3.22. The third-order valence-corrected chi connectivity index (χ3v) is 3.84. The molecule has 2 aromatic carbocycles. The number of ether oxygens (including phenoxy) is 2. The molecule has 2 aromatic rings. The molecule has 0 spiro atoms. The third kappa shape index (κ3) is 3.80. The van der Waals surface area contributed by atoms with Gasteiger partial charge in [0.1, 0.15) is 5.75 Å². The maximum absolute atomic E-state index is 12.4. The van der Waals surface area contributed by atoms with Gasteiger partial charge in [0, 0.05) is 23.1 Å². The van der Waals surface area contributed by atoms with E-state index in [4.69, 9.17) is 15.9 Å². The van der Waals surface area contributed by atoms with Gasteiger partial charge in [0.25, 0.3) is 0 Å². The predicted molar refractivity (Wildman–Crippen MR) is 88.5 cm³/mol. The summed E-state index contributed by atoms with van der Waals surface area (Å²) < 4.78 is 11.3. The Morgan fingerprint density at radius 3 is 2.26 bits per heavy atom. The SMILES string of the molecule is C#Cc1ccc(C(=O)c2ccc(OC3CCCCO3)cc2)cc1. The van der Waals surface area contributed by atoms with E-state index in [1.54, 1.807) is 48.5 Å². The first-order valence-corrected chi connectivity index (χ1v) is 7.76. The maximum Gasteiger partial charge on any atom is 0.199 e. The van der Waals surface area contributed by atoms with Crippen molar-refractivity contribution in [2.24, 2.45) is 0 Å². The van der Waals surface area contributed by atoms with Gasteiger partial charge in [-0.1, -0.05) is 5.92 Å². The molecule has 1 atom stereocenters. The number of rotatable bonds is 4. The van der Waals surface area contributed by atoms with E-state index in [1.165, 1.54) is 0 Å². The van der Waals surface area contributed by atoms with Gasteiger partial charge in [-0.15, -0.1) is 6.42 Å². The number of carbonyl (C=O) groups is 1. The summed E-state index contributed by atoms with van der Waals surface area (Å²) >= 11 is 0. The maximum atomic E-state index is 12.4. The summed E-state index contributed by atoms with van der Waals surface area (Å²) in [5.41, 5.74) is 2.00. The fourth-order valence-corrected chi connectivity index (χ4v) is 2.53. The highest BCUT2D eigenvalue weighted by Crippen LogP contribution is 2.20. The second kappa shape index (κ2) is 7.13. The van der Waals surface area contributed by atoms with Crippen LogP contribution in [0.1, 0.15) is 40.7 Å². The highest BCUT2D eigenvalue weighted by Gasteiger charge is 2.15. The summed E-state index contributed by atoms with van der Waals surface area (Å²) in [5, 5.41) is 0. The molecular formula is C20H18O3. The molecule has 3 rings (SSSR count). The second-order valence-corrected chi connectivity index (χ2v) is 5.49. The Kier molecular flexibility index (Phi) is 4.75. The van der Waals surface area contributed by atoms with Crippen molar-refractivity contribution in [3.63, 3.8) is 0 Å². The molecule has 23 heavy (non-hydrogen) atoms. The van der Waals surface area contributed by atoms with Gasteiger partial charge in [-0.05, 0) is 61.4 Å². The third-order valence-electron chi connectivity index (χ3n) is 3.84. The van der Waals surface area contributed by atoms with Gasteiger partial charge < -0.3 is 9.47 Å². The van der Waals surface area contributed by atoms with Crippen molar-refractivity contribution in [1.29, 1.82) is 0 Å². The number of terminal acetylenes is 1. The van der Waals surface area contributed by atoms with Crippen molar-refractivity contribution < 1.29 is 14.3 Å². The van der Waals surface area contributed by atoms with Crippen LogP contribution in [0.2, 0.25) is 0 Å². The van der Waals surface area contributed by atoms with Crippen LogP contribution in [0.4, 0.5) is 0 Å². The van der Waals surface area contributed by atoms with Crippen LogP contribution in [0.5, 0.6) is 5.75 Å². The van der Waals surface area contributed by atoms with E-state index in [0.717, 1.165) is 37.2 Å². The van der Waals surface area contributed by atoms with Crippen LogP contribution < -0.4 is 4.74 Å². The van der Waals surface area contributed by atoms with Crippen molar-refractivity contribution >= 4 is 5.78 Å². The van der Waals surface area contributed by atoms with Crippen LogP contribution in [-0.2, 0) is 4.74 Å². The Balaban J connectivity index is 1.68. The largest absolute Gasteiger partial charge is 0.465 e. The van der Waals surface area contributed by atoms with E-state index in [2.05, 4.69) is 5.92 Å². The Labute approximate surface area is 136 Å². The molecule has 0 amide bonds. The molecule has 1 fully saturated rings. The standard InChI is InChI=1S/C20H18O3/c1-2-15-6-8-16(9-7-15)20(21)17-10-12-18(13-11-17)23-19-5-3-4-14-22-19/h1,6-13,19H,3-5,14H2. The molecule has 1 aliphatic heterocycles. The molecular weight excluding hydrogens is 288 g/mol. The molecule has 0 saturated carbocycles. The summed E-state index contributed by atoms with van der Waals surface area (Å²) in [6.45, 7) is 0.745. The molecule has 3 heteroatoms. The van der Waals surface area contributed by atoms with Crippen molar-refractivity contribution in [2.75, 3.05) is 6.61 Å². The summed E-state index contributed by atoms with van der Waals surface area (Å²) in [4.78, 5) is 12.4. The number of benzene rings is 2. The number of carbonyl (C=O) groups excluding carboxylic acids is 1. The highest BCUT2D eigenvalue weighted by molar-refractivity contribution is 6.09. The van der Waals surface area contributed by atoms with E-state index < -0.39 is 0 Å². The lowest BCUT2D eigenvalue weighted by molar-refractivity contribution is -0.105. The molecule has 1 aliphatic rings. The van der Waals surface area contributed by atoms with E-state index in [0.29, 0.717) is 11.1 Å². The monoisotopic (exact) mass is 306 g/mol. The van der Waals surface area contributed by atoms with Gasteiger partial charge in [0.15, 0.2) is 12.1 Å². The molecule has 0 radical (unpaired) electrons. The van der Waals surface area contributed by atoms with E-state index in [-0.39, 0.29) is 12.1 Å². The average Bonchev–Trinajstić information content (AvgIpc) is 2.63. The summed E-state index contributed by atoms with van der Waals surface area (Å²) in [6.07, 6.45) is 8.26. The minimum absolute atomic E-state index is 0.0333. The molecule has 1 heterocycles. The van der Waals surface area contributed by atoms with Gasteiger partial charge >= 0.3 is 0 Å². The Bertz CT molecular complexity index is 702. The van der Waals surface area contributed by atoms with Gasteiger partial charge in [-0.25, -0.2) is 0 Å². The first-order chi connectivity index (χ1) is 11.3. The van der Waals surface area contributed by atoms with Crippen LogP contribution in [0.25, 0.3) is 0 Å². The molecule has 1 unspecified atom stereocenters. The highest BCUT2D eigenvalue weighted by atomic mass is 16.7. The zero-order valence-electron chi connectivity index (χ0n) is 12.8. The van der Waals surface area contributed by atoms with Crippen molar-refractivity contribution in [1.82, 2.24) is 0 Å². The zero-order chi connectivity index (χ0) is 16.1. The zero-order valence-corrected chi connectivity index (χ0v) is 12.8. The average molecular weight is 306 g/mol. The van der Waals surface area contributed by atoms with Crippen LogP contribution >= 0.6 is 0 Å². The lowest BCUT2D eigenvalue weighted by Gasteiger charge is -2.23. The van der Waals surface area contributed by atoms with Gasteiger partial charge in [-0.2, -0.15) is 0 Å². The molecule has 0 aromatic heterocycles. The second-order valence-electron chi connectivity index (χ2n) is 5.49. The van der Waals surface area contributed by atoms with Crippen LogP contribution in [0.15, 0.2) is 48.5 Å². The fourth-order valence-electron chi connectivity index (χ4n) is 2.53. The predicted octanol–water partition coefficient (Wildman–Crippen LogP) is 3.80. The first kappa shape index (κ1) is 15.3. The van der Waals surface area contributed by atoms with Crippen LogP contribution in [0, 0.1) is 12.3 Å². The molecule has 1 saturated heterocycles. The minimum Gasteiger partial charge on any atom is -0.465 e. The van der Waals surface area contributed by atoms with Crippen molar-refractivity contribution in [3.05, 3.63) is 65.2 Å². The summed E-state index contributed by atoms with van der Waals surface area (Å²) in [6, 6.07) is 14.2. The number of ketones is 1. The Morgan fingerprint density at radius 2 is 1.70 bits per heavy atom. The van der Waals surface area contributed by atoms with Gasteiger partial charge in [0.05, 0.1) is 6.61 Å². The quantitative estimate of drug-likeness (QED) is 0.636. The van der Waals surface area contributed by atoms with Crippen molar-refractivity contribution in [3.8, 4) is 18.1 Å². The molecule has 0 bridgehead atoms. The molecule has 0 N–H and O–H groups in total. The minimum atomic E-state index is -0.179. The number of hydrogen-bond donors (Lipinski definition) is 0. The lowest BCUT2D eigenvalue weighted by atomic mass is 10.0. The Hall–Kier alpha value is -2.57. The van der Waals surface area contributed by atoms with Crippen LogP contribution in [0.3, 0.4) is 0 Å². The lowest BCUT2D eigenvalue weighted by Crippen LogP contribution is -2.24. The van der Waals surface area contributed by atoms with Gasteiger partial charge in [0.2, 0.25) is 0 Å². The normalized spacial score (nSPS) is 17.3. The van der Waals surface area contributed by atoms with Crippen molar-refractivity contribution in [2.45, 2.75) is 25.6 Å². The topological polar surface area (TPSA) is 35.5 Å². The van der Waals surface area contributed by atoms with E-state index >= 15 is 0 Å². The van der Waals surface area contributed by atoms with E-state index in [1.807, 2.05) is 0 Å². The smallest absolute Gasteiger partial charge is 0.199 e. The van der Waals surface area contributed by atoms with Gasteiger partial charge in [-0.3, -0.25) is 4.79 Å². The first-order valence-electron chi connectivity index (χ1n) is 7.76. The molecule has 0 aliphatic carbocycles. The van der Waals surface area contributed by atoms with E-state index in [9.17, 15) is 4.79 Å². The Morgan fingerprint density at radius 1 is 1.04 bits per heavy atom. The number of hydrogen-bond acceptors (Lipinski definition) is 3. The summed E-state index contributed by atoms with van der Waals surface area (Å²) in [7, 11) is 0. The molecule has 116 valence electrons.